The Balaban J connectivity index is 2.45. The van der Waals surface area contributed by atoms with E-state index in [4.69, 9.17) is 6.42 Å². The average Bonchev–Trinajstić information content (AvgIpc) is 2.72. The summed E-state index contributed by atoms with van der Waals surface area (Å²) in [5, 5.41) is 0. The van der Waals surface area contributed by atoms with Gasteiger partial charge in [0.25, 0.3) is 0 Å². The monoisotopic (exact) mass is 216 g/mol. The molecular weight excluding hydrogens is 204 g/mol. The van der Waals surface area contributed by atoms with Crippen molar-refractivity contribution in [1.29, 1.82) is 0 Å². The van der Waals surface area contributed by atoms with Crippen LogP contribution in [0.5, 0.6) is 0 Å². The van der Waals surface area contributed by atoms with Gasteiger partial charge in [0.2, 0.25) is 0 Å². The highest BCUT2D eigenvalue weighted by Gasteiger charge is 2.23. The van der Waals surface area contributed by atoms with E-state index in [-0.39, 0.29) is 0 Å². The molecule has 2 aromatic carbocycles. The van der Waals surface area contributed by atoms with E-state index in [0.717, 1.165) is 5.57 Å². The largest absolute Gasteiger partial charge is 0.115 e. The van der Waals surface area contributed by atoms with Crippen LogP contribution in [0.1, 0.15) is 18.1 Å². The van der Waals surface area contributed by atoms with Crippen LogP contribution in [0.4, 0.5) is 0 Å². The first-order chi connectivity index (χ1) is 8.33. The summed E-state index contributed by atoms with van der Waals surface area (Å²) in [6, 6.07) is 16.9. The molecule has 0 heterocycles. The Bertz CT molecular complexity index is 619. The average molecular weight is 216 g/mol. The van der Waals surface area contributed by atoms with Gasteiger partial charge in [-0.25, -0.2) is 0 Å². The Labute approximate surface area is 102 Å². The summed E-state index contributed by atoms with van der Waals surface area (Å²) >= 11 is 0. The van der Waals surface area contributed by atoms with Crippen molar-refractivity contribution in [3.8, 4) is 23.5 Å². The van der Waals surface area contributed by atoms with Gasteiger partial charge in [-0.2, -0.15) is 0 Å². The van der Waals surface area contributed by atoms with Gasteiger partial charge in [-0.3, -0.25) is 0 Å². The van der Waals surface area contributed by atoms with Gasteiger partial charge in [0.1, 0.15) is 0 Å². The topological polar surface area (TPSA) is 0 Å². The highest BCUT2D eigenvalue weighted by Crippen LogP contribution is 2.44. The van der Waals surface area contributed by atoms with Crippen molar-refractivity contribution in [2.45, 2.75) is 6.92 Å². The molecular formula is C17H12. The summed E-state index contributed by atoms with van der Waals surface area (Å²) in [7, 11) is 0. The smallest absolute Gasteiger partial charge is 0.00714 e. The first-order valence-electron chi connectivity index (χ1n) is 5.69. The minimum atomic E-state index is 1.00. The van der Waals surface area contributed by atoms with Crippen LogP contribution in [0.15, 0.2) is 54.1 Å². The maximum absolute atomic E-state index is 5.56. The Kier molecular flexibility index (Phi) is 2.13. The number of hydrogen-bond acceptors (Lipinski definition) is 0. The fourth-order valence-electron chi connectivity index (χ4n) is 2.49. The molecule has 0 saturated heterocycles. The lowest BCUT2D eigenvalue weighted by molar-refractivity contribution is 1.54. The van der Waals surface area contributed by atoms with Crippen molar-refractivity contribution in [2.75, 3.05) is 0 Å². The van der Waals surface area contributed by atoms with Crippen LogP contribution >= 0.6 is 0 Å². The molecule has 0 saturated carbocycles. The molecule has 0 spiro atoms. The Morgan fingerprint density at radius 2 is 1.24 bits per heavy atom. The SMILES string of the molecule is C#CC(C)=C1c2ccccc2-c2ccccc21. The van der Waals surface area contributed by atoms with Crippen molar-refractivity contribution in [3.05, 3.63) is 65.2 Å². The molecule has 0 amide bonds. The first-order valence-corrected chi connectivity index (χ1v) is 5.69. The maximum Gasteiger partial charge on any atom is 0.00714 e. The van der Waals surface area contributed by atoms with E-state index >= 15 is 0 Å². The Hall–Kier alpha value is -2.26. The maximum atomic E-state index is 5.56. The third-order valence-corrected chi connectivity index (χ3v) is 3.27. The first kappa shape index (κ1) is 9.93. The zero-order valence-electron chi connectivity index (χ0n) is 9.70. The highest BCUT2D eigenvalue weighted by molar-refractivity contribution is 6.02. The van der Waals surface area contributed by atoms with Gasteiger partial charge >= 0.3 is 0 Å². The predicted octanol–water partition coefficient (Wildman–Crippen LogP) is 4.12. The second-order valence-electron chi connectivity index (χ2n) is 4.24. The number of terminal acetylenes is 1. The van der Waals surface area contributed by atoms with Crippen molar-refractivity contribution >= 4 is 5.57 Å². The van der Waals surface area contributed by atoms with Crippen molar-refractivity contribution in [1.82, 2.24) is 0 Å². The van der Waals surface area contributed by atoms with Crippen molar-refractivity contribution in [3.63, 3.8) is 0 Å². The quantitative estimate of drug-likeness (QED) is 0.496. The van der Waals surface area contributed by atoms with Crippen LogP contribution in [-0.4, -0.2) is 0 Å². The molecule has 0 bridgehead atoms. The second-order valence-corrected chi connectivity index (χ2v) is 4.24. The fourth-order valence-corrected chi connectivity index (χ4v) is 2.49. The van der Waals surface area contributed by atoms with Crippen LogP contribution in [0.3, 0.4) is 0 Å². The summed E-state index contributed by atoms with van der Waals surface area (Å²) in [6.07, 6.45) is 5.56. The second kappa shape index (κ2) is 3.64. The highest BCUT2D eigenvalue weighted by atomic mass is 14.3. The molecule has 0 fully saturated rings. The lowest BCUT2D eigenvalue weighted by Crippen LogP contribution is -1.84. The molecule has 0 N–H and O–H groups in total. The minimum Gasteiger partial charge on any atom is -0.115 e. The number of hydrogen-bond donors (Lipinski definition) is 0. The summed E-state index contributed by atoms with van der Waals surface area (Å²) in [4.78, 5) is 0. The summed E-state index contributed by atoms with van der Waals surface area (Å²) < 4.78 is 0. The van der Waals surface area contributed by atoms with E-state index in [9.17, 15) is 0 Å². The number of fused-ring (bicyclic) bond motifs is 3. The van der Waals surface area contributed by atoms with E-state index in [0.29, 0.717) is 0 Å². The molecule has 80 valence electrons. The Morgan fingerprint density at radius 1 is 0.824 bits per heavy atom. The van der Waals surface area contributed by atoms with E-state index < -0.39 is 0 Å². The third kappa shape index (κ3) is 1.33. The summed E-state index contributed by atoms with van der Waals surface area (Å²) in [6.45, 7) is 2.01. The van der Waals surface area contributed by atoms with Crippen LogP contribution in [-0.2, 0) is 0 Å². The van der Waals surface area contributed by atoms with Crippen LogP contribution in [0.2, 0.25) is 0 Å². The zero-order valence-corrected chi connectivity index (χ0v) is 9.70. The van der Waals surface area contributed by atoms with Crippen molar-refractivity contribution in [2.24, 2.45) is 0 Å². The lowest BCUT2D eigenvalue weighted by atomic mass is 9.99. The van der Waals surface area contributed by atoms with Crippen LogP contribution < -0.4 is 0 Å². The fraction of sp³-hybridized carbons (Fsp3) is 0.0588. The number of allylic oxidation sites excluding steroid dienone is 1. The van der Waals surface area contributed by atoms with Crippen LogP contribution in [0, 0.1) is 12.3 Å². The molecule has 0 heteroatoms. The number of rotatable bonds is 0. The Morgan fingerprint density at radius 3 is 1.65 bits per heavy atom. The van der Waals surface area contributed by atoms with Gasteiger partial charge in [0, 0.05) is 11.1 Å². The minimum absolute atomic E-state index is 1.00. The van der Waals surface area contributed by atoms with Gasteiger partial charge in [-0.1, -0.05) is 54.5 Å². The van der Waals surface area contributed by atoms with Gasteiger partial charge in [-0.05, 0) is 29.2 Å². The van der Waals surface area contributed by atoms with Gasteiger partial charge in [-0.15, -0.1) is 6.42 Å². The molecule has 0 atom stereocenters. The van der Waals surface area contributed by atoms with Gasteiger partial charge < -0.3 is 0 Å². The summed E-state index contributed by atoms with van der Waals surface area (Å²) in [5.41, 5.74) is 7.29. The number of benzene rings is 2. The molecule has 0 radical (unpaired) electrons. The van der Waals surface area contributed by atoms with Gasteiger partial charge in [0.15, 0.2) is 0 Å². The van der Waals surface area contributed by atoms with E-state index in [1.54, 1.807) is 0 Å². The molecule has 17 heavy (non-hydrogen) atoms. The lowest BCUT2D eigenvalue weighted by Gasteiger charge is -2.03. The molecule has 3 rings (SSSR count). The zero-order chi connectivity index (χ0) is 11.8. The predicted molar refractivity (Wildman–Crippen MR) is 72.4 cm³/mol. The molecule has 2 aromatic rings. The van der Waals surface area contributed by atoms with E-state index in [1.807, 2.05) is 6.92 Å². The molecule has 0 aromatic heterocycles. The van der Waals surface area contributed by atoms with E-state index in [2.05, 4.69) is 54.5 Å². The summed E-state index contributed by atoms with van der Waals surface area (Å²) in [5.74, 6) is 2.77. The molecule has 0 aliphatic heterocycles. The molecule has 1 aliphatic carbocycles. The molecule has 0 unspecified atom stereocenters. The normalized spacial score (nSPS) is 11.6. The van der Waals surface area contributed by atoms with Crippen LogP contribution in [0.25, 0.3) is 16.7 Å². The molecule has 0 nitrogen and oxygen atoms in total. The van der Waals surface area contributed by atoms with Gasteiger partial charge in [0.05, 0.1) is 0 Å². The van der Waals surface area contributed by atoms with Crippen molar-refractivity contribution < 1.29 is 0 Å². The standard InChI is InChI=1S/C17H12/c1-3-12(2)17-15-10-6-4-8-13(15)14-9-5-7-11-16(14)17/h1,4-11H,2H3. The van der Waals surface area contributed by atoms with E-state index in [1.165, 1.54) is 27.8 Å². The molecule has 1 aliphatic rings. The third-order valence-electron chi connectivity index (χ3n) is 3.27.